The summed E-state index contributed by atoms with van der Waals surface area (Å²) in [6.45, 7) is 2.66. The zero-order valence-corrected chi connectivity index (χ0v) is 15.3. The number of benzene rings is 1. The summed E-state index contributed by atoms with van der Waals surface area (Å²) >= 11 is 0. The quantitative estimate of drug-likeness (QED) is 0.831. The van der Waals surface area contributed by atoms with Crippen molar-refractivity contribution >= 4 is 23.4 Å². The average molecular weight is 390 g/mol. The maximum absolute atomic E-state index is 14.7. The van der Waals surface area contributed by atoms with Gasteiger partial charge >= 0.3 is 6.09 Å². The second-order valence-electron chi connectivity index (χ2n) is 7.57. The molecule has 3 fully saturated rings. The molecule has 0 bridgehead atoms. The summed E-state index contributed by atoms with van der Waals surface area (Å²) in [6, 6.07) is 4.43. The maximum atomic E-state index is 14.7. The largest absolute Gasteiger partial charge is 0.442 e. The van der Waals surface area contributed by atoms with E-state index < -0.39 is 23.8 Å². The molecule has 2 saturated heterocycles. The Bertz CT molecular complexity index is 836. The van der Waals surface area contributed by atoms with Gasteiger partial charge in [-0.25, -0.2) is 13.6 Å². The van der Waals surface area contributed by atoms with E-state index in [0.717, 1.165) is 17.0 Å². The van der Waals surface area contributed by atoms with E-state index in [9.17, 15) is 18.4 Å². The second kappa shape index (κ2) is 6.93. The molecular formula is C19H20F2N4O3. The molecule has 0 aromatic heterocycles. The zero-order chi connectivity index (χ0) is 20.0. The van der Waals surface area contributed by atoms with Gasteiger partial charge in [0.2, 0.25) is 5.91 Å². The molecule has 2 unspecified atom stereocenters. The number of rotatable bonds is 5. The highest BCUT2D eigenvalue weighted by Gasteiger charge is 2.55. The summed E-state index contributed by atoms with van der Waals surface area (Å²) in [4.78, 5) is 25.9. The summed E-state index contributed by atoms with van der Waals surface area (Å²) < 4.78 is 34.6. The molecule has 9 heteroatoms. The first kappa shape index (κ1) is 18.5. The van der Waals surface area contributed by atoms with Crippen LogP contribution in [0.25, 0.3) is 0 Å². The van der Waals surface area contributed by atoms with Crippen LogP contribution in [-0.2, 0) is 9.53 Å². The van der Waals surface area contributed by atoms with Crippen LogP contribution >= 0.6 is 0 Å². The molecular weight excluding hydrogens is 370 g/mol. The van der Waals surface area contributed by atoms with Crippen LogP contribution < -0.4 is 15.1 Å². The molecule has 2 heterocycles. The van der Waals surface area contributed by atoms with Crippen LogP contribution in [0, 0.1) is 40.7 Å². The van der Waals surface area contributed by atoms with Crippen LogP contribution in [0.5, 0.6) is 0 Å². The van der Waals surface area contributed by atoms with Crippen molar-refractivity contribution in [2.75, 3.05) is 36.0 Å². The van der Waals surface area contributed by atoms with Gasteiger partial charge < -0.3 is 15.0 Å². The molecule has 1 N–H and O–H groups in total. The van der Waals surface area contributed by atoms with E-state index in [4.69, 9.17) is 10.00 Å². The summed E-state index contributed by atoms with van der Waals surface area (Å²) in [7, 11) is 0. The van der Waals surface area contributed by atoms with E-state index in [-0.39, 0.29) is 30.4 Å². The average Bonchev–Trinajstić information content (AvgIpc) is 2.96. The predicted octanol–water partition coefficient (Wildman–Crippen LogP) is 2.02. The molecule has 3 atom stereocenters. The first-order chi connectivity index (χ1) is 13.4. The lowest BCUT2D eigenvalue weighted by Crippen LogP contribution is -2.33. The standard InChI is InChI=1S/C19H20F2N4O3/c1-10(26)23-6-12-7-25(19(27)28-12)11-4-16(20)18(17(21)5-11)24-8-14-13(2-3-22)15(14)9-24/h4-5,12-15H,2,6-9H2,1H3,(H,23,26)/t12-,13?,14?,15?/m0/s1. The fourth-order valence-electron chi connectivity index (χ4n) is 4.35. The van der Waals surface area contributed by atoms with Crippen molar-refractivity contribution in [3.63, 3.8) is 0 Å². The number of piperidine rings is 1. The van der Waals surface area contributed by atoms with Gasteiger partial charge in [-0.15, -0.1) is 0 Å². The minimum absolute atomic E-state index is 0.0841. The molecule has 7 nitrogen and oxygen atoms in total. The molecule has 0 radical (unpaired) electrons. The summed E-state index contributed by atoms with van der Waals surface area (Å²) in [6.07, 6.45) is -0.794. The zero-order valence-electron chi connectivity index (χ0n) is 15.3. The Balaban J connectivity index is 1.46. The highest BCUT2D eigenvalue weighted by atomic mass is 19.1. The van der Waals surface area contributed by atoms with Gasteiger partial charge in [0.1, 0.15) is 11.8 Å². The van der Waals surface area contributed by atoms with Gasteiger partial charge in [0.25, 0.3) is 0 Å². The van der Waals surface area contributed by atoms with Crippen LogP contribution in [0.15, 0.2) is 12.1 Å². The van der Waals surface area contributed by atoms with Crippen LogP contribution in [0.4, 0.5) is 25.0 Å². The fraction of sp³-hybridized carbons (Fsp3) is 0.526. The van der Waals surface area contributed by atoms with E-state index in [1.54, 1.807) is 4.90 Å². The number of nitrogens with one attached hydrogen (secondary N) is 1. The highest BCUT2D eigenvalue weighted by molar-refractivity contribution is 5.90. The third-order valence-corrected chi connectivity index (χ3v) is 5.78. The number of amides is 2. The third kappa shape index (κ3) is 3.23. The van der Waals surface area contributed by atoms with Crippen LogP contribution in [-0.4, -0.2) is 44.3 Å². The minimum Gasteiger partial charge on any atom is -0.442 e. The molecule has 148 valence electrons. The Morgan fingerprint density at radius 2 is 1.93 bits per heavy atom. The number of carbonyl (C=O) groups is 2. The number of hydrogen-bond donors (Lipinski definition) is 1. The summed E-state index contributed by atoms with van der Waals surface area (Å²) in [5, 5.41) is 11.3. The normalized spacial score (nSPS) is 28.0. The van der Waals surface area contributed by atoms with Gasteiger partial charge in [-0.3, -0.25) is 9.69 Å². The molecule has 28 heavy (non-hydrogen) atoms. The number of carbonyl (C=O) groups excluding carboxylic acids is 2. The van der Waals surface area contributed by atoms with Crippen molar-refractivity contribution < 1.29 is 23.1 Å². The van der Waals surface area contributed by atoms with Crippen molar-refractivity contribution in [2.45, 2.75) is 19.4 Å². The van der Waals surface area contributed by atoms with E-state index in [1.807, 2.05) is 0 Å². The number of nitrogens with zero attached hydrogens (tertiary/aromatic N) is 3. The first-order valence-corrected chi connectivity index (χ1v) is 9.22. The van der Waals surface area contributed by atoms with Crippen LogP contribution in [0.1, 0.15) is 13.3 Å². The number of nitriles is 1. The highest BCUT2D eigenvalue weighted by Crippen LogP contribution is 2.54. The van der Waals surface area contributed by atoms with Gasteiger partial charge in [0.15, 0.2) is 11.6 Å². The molecule has 2 aliphatic heterocycles. The lowest BCUT2D eigenvalue weighted by Gasteiger charge is -2.24. The number of anilines is 2. The Labute approximate surface area is 160 Å². The van der Waals surface area contributed by atoms with Crippen LogP contribution in [0.3, 0.4) is 0 Å². The smallest absolute Gasteiger partial charge is 0.414 e. The van der Waals surface area contributed by atoms with Gasteiger partial charge in [0, 0.05) is 38.6 Å². The van der Waals surface area contributed by atoms with Gasteiger partial charge in [-0.2, -0.15) is 5.26 Å². The van der Waals surface area contributed by atoms with Gasteiger partial charge in [-0.05, 0) is 17.8 Å². The Morgan fingerprint density at radius 1 is 1.29 bits per heavy atom. The summed E-state index contributed by atoms with van der Waals surface area (Å²) in [5.74, 6) is -0.733. The fourth-order valence-corrected chi connectivity index (χ4v) is 4.35. The number of hydrogen-bond acceptors (Lipinski definition) is 5. The molecule has 2 amide bonds. The Morgan fingerprint density at radius 3 is 2.50 bits per heavy atom. The molecule has 1 aliphatic carbocycles. The second-order valence-corrected chi connectivity index (χ2v) is 7.57. The van der Waals surface area contributed by atoms with Crippen molar-refractivity contribution in [1.29, 1.82) is 5.26 Å². The molecule has 0 spiro atoms. The molecule has 1 aromatic rings. The minimum atomic E-state index is -0.730. The van der Waals surface area contributed by atoms with E-state index in [0.29, 0.717) is 37.3 Å². The van der Waals surface area contributed by atoms with Gasteiger partial charge in [0.05, 0.1) is 24.8 Å². The Hall–Kier alpha value is -2.89. The van der Waals surface area contributed by atoms with E-state index in [2.05, 4.69) is 11.4 Å². The van der Waals surface area contributed by atoms with Crippen molar-refractivity contribution in [3.8, 4) is 6.07 Å². The topological polar surface area (TPSA) is 85.7 Å². The third-order valence-electron chi connectivity index (χ3n) is 5.78. The number of fused-ring (bicyclic) bond motifs is 1. The van der Waals surface area contributed by atoms with Crippen molar-refractivity contribution in [2.24, 2.45) is 17.8 Å². The lowest BCUT2D eigenvalue weighted by atomic mass is 10.1. The lowest BCUT2D eigenvalue weighted by molar-refractivity contribution is -0.119. The molecule has 1 saturated carbocycles. The first-order valence-electron chi connectivity index (χ1n) is 9.22. The van der Waals surface area contributed by atoms with E-state index in [1.165, 1.54) is 6.92 Å². The predicted molar refractivity (Wildman–Crippen MR) is 95.6 cm³/mol. The molecule has 4 rings (SSSR count). The number of halogens is 2. The van der Waals surface area contributed by atoms with Crippen molar-refractivity contribution in [3.05, 3.63) is 23.8 Å². The van der Waals surface area contributed by atoms with Crippen LogP contribution in [0.2, 0.25) is 0 Å². The van der Waals surface area contributed by atoms with Crippen molar-refractivity contribution in [1.82, 2.24) is 5.32 Å². The van der Waals surface area contributed by atoms with Gasteiger partial charge in [-0.1, -0.05) is 0 Å². The Kier molecular flexibility index (Phi) is 4.57. The number of cyclic esters (lactones) is 1. The summed E-state index contributed by atoms with van der Waals surface area (Å²) in [5.41, 5.74) is -0.00481. The van der Waals surface area contributed by atoms with E-state index >= 15 is 0 Å². The molecule has 1 aromatic carbocycles. The molecule has 3 aliphatic rings. The maximum Gasteiger partial charge on any atom is 0.414 e. The SMILES string of the molecule is CC(=O)NC[C@H]1CN(c2cc(F)c(N3CC4C(CC#N)C4C3)c(F)c2)C(=O)O1. The monoisotopic (exact) mass is 390 g/mol. The number of ether oxygens (including phenoxy) is 1.